The maximum absolute atomic E-state index is 12.2. The lowest BCUT2D eigenvalue weighted by Crippen LogP contribution is -2.23. The van der Waals surface area contributed by atoms with Crippen molar-refractivity contribution in [2.45, 2.75) is 19.9 Å². The predicted molar refractivity (Wildman–Crippen MR) is 82.3 cm³/mol. The average Bonchev–Trinajstić information content (AvgIpc) is 2.48. The second kappa shape index (κ2) is 6.79. The van der Waals surface area contributed by atoms with E-state index in [0.717, 1.165) is 11.3 Å². The molecule has 21 heavy (non-hydrogen) atoms. The molecule has 2 aromatic rings. The summed E-state index contributed by atoms with van der Waals surface area (Å²) in [7, 11) is 0. The predicted octanol–water partition coefficient (Wildman–Crippen LogP) is 3.42. The van der Waals surface area contributed by atoms with Gasteiger partial charge in [0.05, 0.1) is 6.61 Å². The standard InChI is InChI=1S/C17H19NO3/c1-3-21-17(20)16(14-6-4-5-7-15(14)19)18-13-10-8-12(2)9-11-13/h4-11,16,18-19H,3H2,1-2H3. The molecule has 0 radical (unpaired) electrons. The monoisotopic (exact) mass is 285 g/mol. The molecule has 0 spiro atoms. The number of hydrogen-bond donors (Lipinski definition) is 2. The van der Waals surface area contributed by atoms with Gasteiger partial charge in [-0.2, -0.15) is 0 Å². The molecular weight excluding hydrogens is 266 g/mol. The minimum absolute atomic E-state index is 0.0650. The first kappa shape index (κ1) is 14.9. The van der Waals surface area contributed by atoms with Crippen LogP contribution in [0.2, 0.25) is 0 Å². The Balaban J connectivity index is 2.30. The number of phenols is 1. The van der Waals surface area contributed by atoms with Gasteiger partial charge in [0, 0.05) is 11.3 Å². The number of hydrogen-bond acceptors (Lipinski definition) is 4. The third kappa shape index (κ3) is 3.75. The van der Waals surface area contributed by atoms with Crippen molar-refractivity contribution in [1.29, 1.82) is 0 Å². The van der Waals surface area contributed by atoms with Gasteiger partial charge in [-0.25, -0.2) is 4.79 Å². The van der Waals surface area contributed by atoms with E-state index in [1.54, 1.807) is 31.2 Å². The van der Waals surface area contributed by atoms with Gasteiger partial charge in [0.15, 0.2) is 6.04 Å². The van der Waals surface area contributed by atoms with Crippen molar-refractivity contribution in [1.82, 2.24) is 0 Å². The zero-order valence-corrected chi connectivity index (χ0v) is 12.2. The van der Waals surface area contributed by atoms with Gasteiger partial charge in [0.1, 0.15) is 5.75 Å². The molecule has 4 nitrogen and oxygen atoms in total. The quantitative estimate of drug-likeness (QED) is 0.826. The number of aromatic hydroxyl groups is 1. The third-order valence-electron chi connectivity index (χ3n) is 3.13. The van der Waals surface area contributed by atoms with Crippen LogP contribution in [0.5, 0.6) is 5.75 Å². The Morgan fingerprint density at radius 2 is 1.86 bits per heavy atom. The SMILES string of the molecule is CCOC(=O)C(Nc1ccc(C)cc1)c1ccccc1O. The van der Waals surface area contributed by atoms with Crippen LogP contribution in [0, 0.1) is 6.92 Å². The second-order valence-electron chi connectivity index (χ2n) is 4.75. The molecule has 0 saturated heterocycles. The number of aryl methyl sites for hydroxylation is 1. The van der Waals surface area contributed by atoms with Gasteiger partial charge in [-0.05, 0) is 32.0 Å². The molecule has 0 bridgehead atoms. The van der Waals surface area contributed by atoms with E-state index in [1.165, 1.54) is 0 Å². The third-order valence-corrected chi connectivity index (χ3v) is 3.13. The van der Waals surface area contributed by atoms with Gasteiger partial charge in [-0.1, -0.05) is 35.9 Å². The summed E-state index contributed by atoms with van der Waals surface area (Å²) in [4.78, 5) is 12.2. The van der Waals surface area contributed by atoms with Crippen LogP contribution in [0.25, 0.3) is 0 Å². The fourth-order valence-corrected chi connectivity index (χ4v) is 2.04. The Morgan fingerprint density at radius 3 is 2.48 bits per heavy atom. The first-order valence-corrected chi connectivity index (χ1v) is 6.89. The van der Waals surface area contributed by atoms with Crippen molar-refractivity contribution >= 4 is 11.7 Å². The normalized spacial score (nSPS) is 11.7. The highest BCUT2D eigenvalue weighted by atomic mass is 16.5. The first-order valence-electron chi connectivity index (χ1n) is 6.89. The van der Waals surface area contributed by atoms with Crippen molar-refractivity contribution in [3.05, 3.63) is 59.7 Å². The Hall–Kier alpha value is -2.49. The number of carbonyl (C=O) groups is 1. The van der Waals surface area contributed by atoms with Crippen LogP contribution in [0.1, 0.15) is 24.1 Å². The number of anilines is 1. The fraction of sp³-hybridized carbons (Fsp3) is 0.235. The number of ether oxygens (including phenoxy) is 1. The number of esters is 1. The number of carbonyl (C=O) groups excluding carboxylic acids is 1. The Kier molecular flexibility index (Phi) is 4.82. The molecule has 0 saturated carbocycles. The Bertz CT molecular complexity index is 608. The molecular formula is C17H19NO3. The minimum Gasteiger partial charge on any atom is -0.508 e. The van der Waals surface area contributed by atoms with Gasteiger partial charge in [-0.3, -0.25) is 0 Å². The van der Waals surface area contributed by atoms with Crippen LogP contribution in [0.15, 0.2) is 48.5 Å². The average molecular weight is 285 g/mol. The zero-order valence-electron chi connectivity index (χ0n) is 12.2. The molecule has 2 rings (SSSR count). The number of nitrogens with one attached hydrogen (secondary N) is 1. The van der Waals surface area contributed by atoms with E-state index in [0.29, 0.717) is 12.2 Å². The first-order chi connectivity index (χ1) is 10.1. The molecule has 0 aromatic heterocycles. The Labute approximate surface area is 124 Å². The molecule has 0 aliphatic carbocycles. The highest BCUT2D eigenvalue weighted by Gasteiger charge is 2.24. The van der Waals surface area contributed by atoms with Crippen molar-refractivity contribution in [3.63, 3.8) is 0 Å². The van der Waals surface area contributed by atoms with Crippen molar-refractivity contribution in [2.24, 2.45) is 0 Å². The van der Waals surface area contributed by atoms with Crippen LogP contribution >= 0.6 is 0 Å². The summed E-state index contributed by atoms with van der Waals surface area (Å²) in [5.74, 6) is -0.352. The molecule has 110 valence electrons. The van der Waals surface area contributed by atoms with Crippen LogP contribution in [-0.2, 0) is 9.53 Å². The lowest BCUT2D eigenvalue weighted by atomic mass is 10.1. The number of para-hydroxylation sites is 1. The van der Waals surface area contributed by atoms with Crippen LogP contribution in [0.4, 0.5) is 5.69 Å². The van der Waals surface area contributed by atoms with E-state index >= 15 is 0 Å². The summed E-state index contributed by atoms with van der Waals surface area (Å²) in [6.45, 7) is 4.04. The largest absolute Gasteiger partial charge is 0.508 e. The van der Waals surface area contributed by atoms with Gasteiger partial charge < -0.3 is 15.2 Å². The Morgan fingerprint density at radius 1 is 1.19 bits per heavy atom. The highest BCUT2D eigenvalue weighted by Crippen LogP contribution is 2.28. The summed E-state index contributed by atoms with van der Waals surface area (Å²) in [5, 5.41) is 13.1. The van der Waals surface area contributed by atoms with Gasteiger partial charge >= 0.3 is 5.97 Å². The molecule has 0 aliphatic heterocycles. The summed E-state index contributed by atoms with van der Waals surface area (Å²) in [5.41, 5.74) is 2.43. The van der Waals surface area contributed by atoms with E-state index in [9.17, 15) is 9.90 Å². The van der Waals surface area contributed by atoms with Crippen molar-refractivity contribution in [3.8, 4) is 5.75 Å². The summed E-state index contributed by atoms with van der Waals surface area (Å²) in [6, 6.07) is 13.7. The van der Waals surface area contributed by atoms with Crippen LogP contribution in [0.3, 0.4) is 0 Å². The zero-order chi connectivity index (χ0) is 15.2. The molecule has 0 aliphatic rings. The van der Waals surface area contributed by atoms with E-state index < -0.39 is 12.0 Å². The lowest BCUT2D eigenvalue weighted by Gasteiger charge is -2.19. The molecule has 0 amide bonds. The van der Waals surface area contributed by atoms with E-state index in [4.69, 9.17) is 4.74 Å². The highest BCUT2D eigenvalue weighted by molar-refractivity contribution is 5.82. The number of rotatable bonds is 5. The van der Waals surface area contributed by atoms with Crippen LogP contribution in [-0.4, -0.2) is 17.7 Å². The molecule has 1 atom stereocenters. The second-order valence-corrected chi connectivity index (χ2v) is 4.75. The molecule has 0 fully saturated rings. The van der Waals surface area contributed by atoms with Crippen LogP contribution < -0.4 is 5.32 Å². The maximum atomic E-state index is 12.2. The molecule has 1 unspecified atom stereocenters. The molecule has 0 heterocycles. The maximum Gasteiger partial charge on any atom is 0.333 e. The molecule has 2 aromatic carbocycles. The fourth-order valence-electron chi connectivity index (χ4n) is 2.04. The van der Waals surface area contributed by atoms with Crippen molar-refractivity contribution < 1.29 is 14.6 Å². The van der Waals surface area contributed by atoms with E-state index in [2.05, 4.69) is 5.32 Å². The smallest absolute Gasteiger partial charge is 0.333 e. The topological polar surface area (TPSA) is 58.6 Å². The summed E-state index contributed by atoms with van der Waals surface area (Å²) >= 11 is 0. The lowest BCUT2D eigenvalue weighted by molar-refractivity contribution is -0.144. The van der Waals surface area contributed by atoms with Gasteiger partial charge in [0.2, 0.25) is 0 Å². The summed E-state index contributed by atoms with van der Waals surface area (Å²) < 4.78 is 5.10. The van der Waals surface area contributed by atoms with Gasteiger partial charge in [0.25, 0.3) is 0 Å². The molecule has 4 heteroatoms. The van der Waals surface area contributed by atoms with Crippen molar-refractivity contribution in [2.75, 3.05) is 11.9 Å². The van der Waals surface area contributed by atoms with E-state index in [1.807, 2.05) is 31.2 Å². The molecule has 2 N–H and O–H groups in total. The summed E-state index contributed by atoms with van der Waals surface area (Å²) in [6.07, 6.45) is 0. The minimum atomic E-state index is -0.742. The van der Waals surface area contributed by atoms with E-state index in [-0.39, 0.29) is 5.75 Å². The van der Waals surface area contributed by atoms with Gasteiger partial charge in [-0.15, -0.1) is 0 Å². The number of phenolic OH excluding ortho intramolecular Hbond substituents is 1. The number of benzene rings is 2.